The molecule has 0 aliphatic rings. The Hall–Kier alpha value is -3.30. The molecule has 1 heterocycles. The molecule has 0 aliphatic carbocycles. The molecular weight excluding hydrogens is 458 g/mol. The predicted octanol–water partition coefficient (Wildman–Crippen LogP) is 5.06. The Bertz CT molecular complexity index is 1200. The maximum atomic E-state index is 13.3. The van der Waals surface area contributed by atoms with Gasteiger partial charge in [-0.2, -0.15) is 0 Å². The predicted molar refractivity (Wildman–Crippen MR) is 136 cm³/mol. The van der Waals surface area contributed by atoms with E-state index in [1.54, 1.807) is 49.6 Å². The van der Waals surface area contributed by atoms with Crippen molar-refractivity contribution >= 4 is 50.4 Å². The van der Waals surface area contributed by atoms with Crippen molar-refractivity contribution in [1.82, 2.24) is 0 Å². The molecule has 33 heavy (non-hydrogen) atoms. The number of thiophene rings is 1. The molecule has 1 amide bonds. The summed E-state index contributed by atoms with van der Waals surface area (Å²) in [7, 11) is -2.39. The maximum Gasteiger partial charge on any atom is 0.264 e. The lowest BCUT2D eigenvalue weighted by Gasteiger charge is -2.24. The van der Waals surface area contributed by atoms with E-state index in [1.165, 1.54) is 23.5 Å². The minimum atomic E-state index is -3.93. The third kappa shape index (κ3) is 6.36. The van der Waals surface area contributed by atoms with E-state index in [0.29, 0.717) is 35.9 Å². The van der Waals surface area contributed by atoms with E-state index in [9.17, 15) is 13.2 Å². The lowest BCUT2D eigenvalue weighted by Crippen LogP contribution is -2.25. The van der Waals surface area contributed by atoms with Crippen LogP contribution < -0.4 is 19.7 Å². The molecule has 174 valence electrons. The normalized spacial score (nSPS) is 11.4. The summed E-state index contributed by atoms with van der Waals surface area (Å²) in [5, 5.41) is 4.68. The molecule has 0 spiro atoms. The Balaban J connectivity index is 1.91. The molecular formula is C24H27N3O4S2. The van der Waals surface area contributed by atoms with Crippen LogP contribution in [-0.2, 0) is 14.8 Å². The van der Waals surface area contributed by atoms with E-state index in [1.807, 2.05) is 36.3 Å². The van der Waals surface area contributed by atoms with Gasteiger partial charge in [0.1, 0.15) is 10.6 Å². The Labute approximate surface area is 198 Å². The molecule has 9 heteroatoms. The molecule has 0 unspecified atom stereocenters. The van der Waals surface area contributed by atoms with Crippen molar-refractivity contribution in [3.63, 3.8) is 0 Å². The Kier molecular flexibility index (Phi) is 8.13. The van der Waals surface area contributed by atoms with Crippen LogP contribution in [0.2, 0.25) is 0 Å². The van der Waals surface area contributed by atoms with Gasteiger partial charge in [0, 0.05) is 35.4 Å². The molecule has 0 radical (unpaired) electrons. The number of nitrogens with zero attached hydrogens (tertiary/aromatic N) is 1. The number of benzene rings is 2. The molecule has 3 rings (SSSR count). The van der Waals surface area contributed by atoms with Crippen molar-refractivity contribution in [2.24, 2.45) is 0 Å². The van der Waals surface area contributed by atoms with Crippen molar-refractivity contribution in [1.29, 1.82) is 0 Å². The molecule has 0 saturated carbocycles. The third-order valence-electron chi connectivity index (χ3n) is 4.91. The summed E-state index contributed by atoms with van der Waals surface area (Å²) >= 11 is 1.52. The van der Waals surface area contributed by atoms with Gasteiger partial charge in [-0.3, -0.25) is 9.52 Å². The Morgan fingerprint density at radius 3 is 2.36 bits per heavy atom. The number of amides is 1. The number of carbonyl (C=O) groups is 1. The number of hydrogen-bond acceptors (Lipinski definition) is 6. The summed E-state index contributed by atoms with van der Waals surface area (Å²) in [6.07, 6.45) is 3.14. The molecule has 7 nitrogen and oxygen atoms in total. The number of hydrogen-bond donors (Lipinski definition) is 2. The fraction of sp³-hybridized carbons (Fsp3) is 0.208. The number of rotatable bonds is 10. The van der Waals surface area contributed by atoms with Gasteiger partial charge < -0.3 is 15.0 Å². The zero-order valence-electron chi connectivity index (χ0n) is 18.7. The lowest BCUT2D eigenvalue weighted by molar-refractivity contribution is -0.111. The second-order valence-electron chi connectivity index (χ2n) is 7.03. The van der Waals surface area contributed by atoms with Crippen LogP contribution >= 0.6 is 11.3 Å². The first-order valence-electron chi connectivity index (χ1n) is 10.4. The fourth-order valence-corrected chi connectivity index (χ4v) is 5.16. The zero-order chi connectivity index (χ0) is 23.8. The SMILES string of the molecule is CCN(CC)c1ccc(NC(=O)C=Cc2cccs2)cc1S(=O)(=O)Nc1ccc(OC)cc1. The van der Waals surface area contributed by atoms with Gasteiger partial charge in [-0.05, 0) is 73.8 Å². The van der Waals surface area contributed by atoms with E-state index in [2.05, 4.69) is 10.0 Å². The van der Waals surface area contributed by atoms with Crippen molar-refractivity contribution in [2.75, 3.05) is 35.1 Å². The van der Waals surface area contributed by atoms with Crippen LogP contribution in [0.25, 0.3) is 6.08 Å². The minimum absolute atomic E-state index is 0.0852. The summed E-state index contributed by atoms with van der Waals surface area (Å²) in [6.45, 7) is 5.19. The number of methoxy groups -OCH3 is 1. The number of nitrogens with one attached hydrogen (secondary N) is 2. The molecule has 0 atom stereocenters. The Morgan fingerprint density at radius 2 is 1.76 bits per heavy atom. The topological polar surface area (TPSA) is 87.7 Å². The van der Waals surface area contributed by atoms with E-state index in [4.69, 9.17) is 4.74 Å². The van der Waals surface area contributed by atoms with Crippen LogP contribution in [0.1, 0.15) is 18.7 Å². The summed E-state index contributed by atoms with van der Waals surface area (Å²) in [4.78, 5) is 15.4. The lowest BCUT2D eigenvalue weighted by atomic mass is 10.2. The number of ether oxygens (including phenoxy) is 1. The van der Waals surface area contributed by atoms with Crippen LogP contribution in [0.15, 0.2) is 70.9 Å². The molecule has 1 aromatic heterocycles. The second-order valence-corrected chi connectivity index (χ2v) is 9.66. The van der Waals surface area contributed by atoms with Gasteiger partial charge >= 0.3 is 0 Å². The highest BCUT2D eigenvalue weighted by atomic mass is 32.2. The fourth-order valence-electron chi connectivity index (χ4n) is 3.23. The third-order valence-corrected chi connectivity index (χ3v) is 7.15. The second kappa shape index (κ2) is 11.0. The molecule has 0 saturated heterocycles. The maximum absolute atomic E-state index is 13.3. The zero-order valence-corrected chi connectivity index (χ0v) is 20.4. The molecule has 2 aromatic carbocycles. The standard InChI is InChI=1S/C24H27N3O4S2/c1-4-27(5-2)22-14-10-19(25-24(28)15-13-21-7-6-16-32-21)17-23(22)33(29,30)26-18-8-11-20(31-3)12-9-18/h6-17,26H,4-5H2,1-3H3,(H,25,28). The van der Waals surface area contributed by atoms with Gasteiger partial charge in [0.2, 0.25) is 5.91 Å². The van der Waals surface area contributed by atoms with Crippen LogP contribution in [0.3, 0.4) is 0 Å². The molecule has 0 bridgehead atoms. The summed E-state index contributed by atoms with van der Waals surface area (Å²) in [5.41, 5.74) is 1.37. The van der Waals surface area contributed by atoms with Gasteiger partial charge in [-0.25, -0.2) is 8.42 Å². The van der Waals surface area contributed by atoms with Crippen LogP contribution in [0.5, 0.6) is 5.75 Å². The quantitative estimate of drug-likeness (QED) is 0.392. The highest BCUT2D eigenvalue weighted by Crippen LogP contribution is 2.30. The van der Waals surface area contributed by atoms with Gasteiger partial charge in [0.25, 0.3) is 10.0 Å². The van der Waals surface area contributed by atoms with Crippen LogP contribution in [-0.4, -0.2) is 34.5 Å². The van der Waals surface area contributed by atoms with Crippen molar-refractivity contribution in [3.05, 3.63) is 70.9 Å². The van der Waals surface area contributed by atoms with E-state index < -0.39 is 10.0 Å². The first-order valence-corrected chi connectivity index (χ1v) is 12.8. The largest absolute Gasteiger partial charge is 0.497 e. The van der Waals surface area contributed by atoms with Gasteiger partial charge in [-0.1, -0.05) is 6.07 Å². The molecule has 3 aromatic rings. The van der Waals surface area contributed by atoms with Gasteiger partial charge in [-0.15, -0.1) is 11.3 Å². The summed E-state index contributed by atoms with van der Waals surface area (Å²) in [6, 6.07) is 15.3. The smallest absolute Gasteiger partial charge is 0.264 e. The summed E-state index contributed by atoms with van der Waals surface area (Å²) in [5.74, 6) is 0.285. The first kappa shape index (κ1) is 24.3. The van der Waals surface area contributed by atoms with E-state index in [0.717, 1.165) is 4.88 Å². The Morgan fingerprint density at radius 1 is 1.06 bits per heavy atom. The minimum Gasteiger partial charge on any atom is -0.497 e. The van der Waals surface area contributed by atoms with E-state index in [-0.39, 0.29) is 10.8 Å². The van der Waals surface area contributed by atoms with Crippen molar-refractivity contribution < 1.29 is 17.9 Å². The van der Waals surface area contributed by atoms with Crippen molar-refractivity contribution in [2.45, 2.75) is 18.7 Å². The molecule has 0 aliphatic heterocycles. The van der Waals surface area contributed by atoms with Crippen LogP contribution in [0, 0.1) is 0 Å². The van der Waals surface area contributed by atoms with Crippen molar-refractivity contribution in [3.8, 4) is 5.75 Å². The van der Waals surface area contributed by atoms with Gasteiger partial charge in [0.05, 0.1) is 12.8 Å². The van der Waals surface area contributed by atoms with Crippen LogP contribution in [0.4, 0.5) is 17.1 Å². The number of sulfonamides is 1. The average molecular weight is 486 g/mol. The highest BCUT2D eigenvalue weighted by Gasteiger charge is 2.22. The molecule has 0 fully saturated rings. The van der Waals surface area contributed by atoms with Gasteiger partial charge in [0.15, 0.2) is 0 Å². The first-order chi connectivity index (χ1) is 15.9. The monoisotopic (exact) mass is 485 g/mol. The number of carbonyl (C=O) groups excluding carboxylic acids is 1. The highest BCUT2D eigenvalue weighted by molar-refractivity contribution is 7.92. The number of anilines is 3. The van der Waals surface area contributed by atoms with E-state index >= 15 is 0 Å². The summed E-state index contributed by atoms with van der Waals surface area (Å²) < 4.78 is 34.4. The molecule has 2 N–H and O–H groups in total. The average Bonchev–Trinajstić information content (AvgIpc) is 3.33.